The summed E-state index contributed by atoms with van der Waals surface area (Å²) in [6.45, 7) is 3.48. The summed E-state index contributed by atoms with van der Waals surface area (Å²) in [6, 6.07) is 11.7. The molecule has 0 spiro atoms. The fourth-order valence-electron chi connectivity index (χ4n) is 3.96. The standard InChI is InChI=1S/C27H26FN3O5/c1-15-10-23(35-14-20-13-24(33)36-30-20)25(28)16(2)21(15)12-19-8-9-22(32)26(29-19)17-6-5-7-18(11-17)27(34)31(3)4/h5-11,32H,12-14H2,1-4H3. The number of benzene rings is 2. The lowest BCUT2D eigenvalue weighted by Crippen LogP contribution is -2.21. The topological polar surface area (TPSA) is 101 Å². The van der Waals surface area contributed by atoms with Crippen LogP contribution in [-0.2, 0) is 16.1 Å². The maximum atomic E-state index is 15.1. The largest absolute Gasteiger partial charge is 0.506 e. The van der Waals surface area contributed by atoms with Gasteiger partial charge in [-0.15, -0.1) is 0 Å². The number of aromatic nitrogens is 1. The highest BCUT2D eigenvalue weighted by molar-refractivity contribution is 6.02. The monoisotopic (exact) mass is 491 g/mol. The van der Waals surface area contributed by atoms with Crippen LogP contribution >= 0.6 is 0 Å². The summed E-state index contributed by atoms with van der Waals surface area (Å²) in [5.74, 6) is -1.08. The molecule has 0 atom stereocenters. The Morgan fingerprint density at radius 3 is 2.67 bits per heavy atom. The average Bonchev–Trinajstić information content (AvgIpc) is 3.28. The molecule has 1 aliphatic rings. The van der Waals surface area contributed by atoms with Gasteiger partial charge in [-0.1, -0.05) is 17.3 Å². The van der Waals surface area contributed by atoms with Gasteiger partial charge in [0.1, 0.15) is 23.8 Å². The molecule has 1 amide bonds. The van der Waals surface area contributed by atoms with Crippen LogP contribution in [0.3, 0.4) is 0 Å². The second-order valence-electron chi connectivity index (χ2n) is 8.82. The minimum atomic E-state index is -0.504. The Morgan fingerprint density at radius 1 is 1.19 bits per heavy atom. The van der Waals surface area contributed by atoms with Gasteiger partial charge in [0.25, 0.3) is 5.91 Å². The summed E-state index contributed by atoms with van der Waals surface area (Å²) < 4.78 is 20.7. The number of rotatable bonds is 7. The molecule has 0 radical (unpaired) electrons. The Kier molecular flexibility index (Phi) is 7.00. The lowest BCUT2D eigenvalue weighted by atomic mass is 9.96. The van der Waals surface area contributed by atoms with E-state index in [1.54, 1.807) is 63.5 Å². The highest BCUT2D eigenvalue weighted by atomic mass is 19.1. The molecule has 36 heavy (non-hydrogen) atoms. The number of aryl methyl sites for hydroxylation is 1. The van der Waals surface area contributed by atoms with Crippen molar-refractivity contribution in [3.63, 3.8) is 0 Å². The lowest BCUT2D eigenvalue weighted by Gasteiger charge is -2.16. The zero-order valence-corrected chi connectivity index (χ0v) is 20.5. The van der Waals surface area contributed by atoms with Gasteiger partial charge in [-0.3, -0.25) is 4.79 Å². The second-order valence-corrected chi connectivity index (χ2v) is 8.82. The molecule has 186 valence electrons. The third-order valence-electron chi connectivity index (χ3n) is 5.92. The summed E-state index contributed by atoms with van der Waals surface area (Å²) in [6.07, 6.45) is 0.353. The molecular weight excluding hydrogens is 465 g/mol. The van der Waals surface area contributed by atoms with E-state index in [1.165, 1.54) is 4.90 Å². The molecule has 0 fully saturated rings. The van der Waals surface area contributed by atoms with E-state index in [9.17, 15) is 14.7 Å². The van der Waals surface area contributed by atoms with Crippen LogP contribution in [0.2, 0.25) is 0 Å². The first-order valence-electron chi connectivity index (χ1n) is 11.3. The summed E-state index contributed by atoms with van der Waals surface area (Å²) >= 11 is 0. The van der Waals surface area contributed by atoms with E-state index in [1.807, 2.05) is 6.92 Å². The van der Waals surface area contributed by atoms with Crippen molar-refractivity contribution in [1.82, 2.24) is 9.88 Å². The minimum absolute atomic E-state index is 0.0196. The van der Waals surface area contributed by atoms with Crippen LogP contribution in [0.15, 0.2) is 47.6 Å². The number of amides is 1. The molecule has 1 N–H and O–H groups in total. The van der Waals surface area contributed by atoms with Gasteiger partial charge in [-0.25, -0.2) is 14.2 Å². The van der Waals surface area contributed by atoms with E-state index >= 15 is 4.39 Å². The zero-order valence-electron chi connectivity index (χ0n) is 20.5. The molecule has 3 aromatic rings. The van der Waals surface area contributed by atoms with E-state index in [4.69, 9.17) is 4.74 Å². The van der Waals surface area contributed by atoms with Crippen LogP contribution in [0.5, 0.6) is 11.5 Å². The van der Waals surface area contributed by atoms with Crippen molar-refractivity contribution in [1.29, 1.82) is 0 Å². The number of oxime groups is 1. The first-order chi connectivity index (χ1) is 17.1. The number of ether oxygens (including phenoxy) is 1. The van der Waals surface area contributed by atoms with Gasteiger partial charge in [-0.2, -0.15) is 0 Å². The smallest absolute Gasteiger partial charge is 0.340 e. The zero-order chi connectivity index (χ0) is 26.0. The van der Waals surface area contributed by atoms with E-state index in [-0.39, 0.29) is 30.4 Å². The number of carbonyl (C=O) groups is 2. The molecule has 0 saturated carbocycles. The number of carbonyl (C=O) groups excluding carboxylic acids is 2. The molecule has 1 aromatic heterocycles. The summed E-state index contributed by atoms with van der Waals surface area (Å²) in [5.41, 5.74) is 4.41. The van der Waals surface area contributed by atoms with Gasteiger partial charge in [0.15, 0.2) is 11.6 Å². The molecule has 0 aliphatic carbocycles. The fraction of sp³-hybridized carbons (Fsp3) is 0.259. The Hall–Kier alpha value is -4.27. The van der Waals surface area contributed by atoms with E-state index < -0.39 is 11.8 Å². The predicted molar refractivity (Wildman–Crippen MR) is 132 cm³/mol. The van der Waals surface area contributed by atoms with Crippen LogP contribution in [-0.4, -0.2) is 53.3 Å². The molecule has 4 rings (SSSR count). The van der Waals surface area contributed by atoms with E-state index in [0.29, 0.717) is 40.2 Å². The summed E-state index contributed by atoms with van der Waals surface area (Å²) in [5, 5.41) is 14.1. The Balaban J connectivity index is 1.59. The highest BCUT2D eigenvalue weighted by Crippen LogP contribution is 2.31. The first kappa shape index (κ1) is 24.8. The molecule has 0 bridgehead atoms. The van der Waals surface area contributed by atoms with Crippen LogP contribution < -0.4 is 4.74 Å². The van der Waals surface area contributed by atoms with Crippen molar-refractivity contribution < 1.29 is 28.7 Å². The van der Waals surface area contributed by atoms with Crippen LogP contribution in [0.4, 0.5) is 4.39 Å². The lowest BCUT2D eigenvalue weighted by molar-refractivity contribution is -0.140. The second kappa shape index (κ2) is 10.2. The van der Waals surface area contributed by atoms with Crippen LogP contribution in [0.25, 0.3) is 11.3 Å². The SMILES string of the molecule is Cc1cc(OCC2=NOC(=O)C2)c(F)c(C)c1Cc1ccc(O)c(-c2cccc(C(=O)N(C)C)c2)n1. The molecule has 2 aromatic carbocycles. The van der Waals surface area contributed by atoms with Crippen molar-refractivity contribution in [3.05, 3.63) is 76.2 Å². The maximum Gasteiger partial charge on any atom is 0.340 e. The van der Waals surface area contributed by atoms with Crippen LogP contribution in [0.1, 0.15) is 39.2 Å². The predicted octanol–water partition coefficient (Wildman–Crippen LogP) is 4.18. The van der Waals surface area contributed by atoms with Crippen LogP contribution in [0, 0.1) is 19.7 Å². The van der Waals surface area contributed by atoms with E-state index in [0.717, 1.165) is 11.1 Å². The Labute approximate surface area is 208 Å². The van der Waals surface area contributed by atoms with Gasteiger partial charge in [-0.05, 0) is 60.9 Å². The van der Waals surface area contributed by atoms with Gasteiger partial charge in [0.2, 0.25) is 0 Å². The number of hydrogen-bond acceptors (Lipinski definition) is 7. The molecule has 0 unspecified atom stereocenters. The van der Waals surface area contributed by atoms with E-state index in [2.05, 4.69) is 15.0 Å². The number of pyridine rings is 1. The molecular formula is C27H26FN3O5. The number of nitrogens with zero attached hydrogens (tertiary/aromatic N) is 3. The van der Waals surface area contributed by atoms with Gasteiger partial charge < -0.3 is 19.6 Å². The summed E-state index contributed by atoms with van der Waals surface area (Å²) in [7, 11) is 3.34. The molecule has 9 heteroatoms. The quantitative estimate of drug-likeness (QED) is 0.498. The van der Waals surface area contributed by atoms with Crippen molar-refractivity contribution >= 4 is 17.6 Å². The average molecular weight is 492 g/mol. The normalized spacial score (nSPS) is 12.8. The highest BCUT2D eigenvalue weighted by Gasteiger charge is 2.21. The maximum absolute atomic E-state index is 15.1. The fourth-order valence-corrected chi connectivity index (χ4v) is 3.96. The van der Waals surface area contributed by atoms with Crippen molar-refractivity contribution in [3.8, 4) is 22.8 Å². The van der Waals surface area contributed by atoms with Gasteiger partial charge in [0.05, 0.1) is 6.42 Å². The Bertz CT molecular complexity index is 1380. The molecule has 0 saturated heterocycles. The number of halogens is 1. The first-order valence-corrected chi connectivity index (χ1v) is 11.3. The van der Waals surface area contributed by atoms with Crippen molar-refractivity contribution in [2.45, 2.75) is 26.7 Å². The van der Waals surface area contributed by atoms with Crippen molar-refractivity contribution in [2.75, 3.05) is 20.7 Å². The minimum Gasteiger partial charge on any atom is -0.506 e. The summed E-state index contributed by atoms with van der Waals surface area (Å²) in [4.78, 5) is 34.2. The third kappa shape index (κ3) is 5.19. The van der Waals surface area contributed by atoms with Gasteiger partial charge >= 0.3 is 5.97 Å². The van der Waals surface area contributed by atoms with Crippen molar-refractivity contribution in [2.24, 2.45) is 5.16 Å². The molecule has 2 heterocycles. The van der Waals surface area contributed by atoms with Gasteiger partial charge in [0, 0.05) is 37.3 Å². The Morgan fingerprint density at radius 2 is 1.97 bits per heavy atom. The number of aromatic hydroxyl groups is 1. The molecule has 1 aliphatic heterocycles. The molecule has 8 nitrogen and oxygen atoms in total. The number of hydrogen-bond donors (Lipinski definition) is 1. The third-order valence-corrected chi connectivity index (χ3v) is 5.92.